The molecule has 0 aliphatic carbocycles. The molecule has 0 saturated carbocycles. The van der Waals surface area contributed by atoms with Gasteiger partial charge in [0.25, 0.3) is 5.91 Å². The van der Waals surface area contributed by atoms with Crippen LogP contribution in [0.25, 0.3) is 21.9 Å². The van der Waals surface area contributed by atoms with Crippen molar-refractivity contribution in [1.82, 2.24) is 24.8 Å². The zero-order valence-corrected chi connectivity index (χ0v) is 19.2. The normalized spacial score (nSPS) is 14.6. The highest BCUT2D eigenvalue weighted by Gasteiger charge is 2.13. The lowest BCUT2D eigenvalue weighted by Crippen LogP contribution is -2.35. The van der Waals surface area contributed by atoms with E-state index in [2.05, 4.69) is 30.8 Å². The van der Waals surface area contributed by atoms with Crippen molar-refractivity contribution < 1.29 is 9.53 Å². The number of imidazole rings is 1. The number of nitrogens with two attached hydrogens (primary N) is 1. The molecule has 2 aromatic heterocycles. The zero-order valence-electron chi connectivity index (χ0n) is 19.2. The van der Waals surface area contributed by atoms with Gasteiger partial charge in [0.05, 0.1) is 30.6 Å². The zero-order chi connectivity index (χ0) is 23.3. The second kappa shape index (κ2) is 10.2. The van der Waals surface area contributed by atoms with Crippen molar-refractivity contribution in [2.45, 2.75) is 25.9 Å². The van der Waals surface area contributed by atoms with Gasteiger partial charge in [0.2, 0.25) is 0 Å². The third-order valence-corrected chi connectivity index (χ3v) is 6.32. The largest absolute Gasteiger partial charge is 0.382 e. The first-order valence-electron chi connectivity index (χ1n) is 11.9. The van der Waals surface area contributed by atoms with E-state index in [1.54, 1.807) is 0 Å². The number of nitrogens with one attached hydrogen (secondary N) is 1. The highest BCUT2D eigenvalue weighted by atomic mass is 16.5. The molecule has 1 saturated heterocycles. The van der Waals surface area contributed by atoms with Crippen molar-refractivity contribution in [1.29, 1.82) is 0 Å². The third kappa shape index (κ3) is 4.88. The van der Waals surface area contributed by atoms with Crippen LogP contribution in [0.5, 0.6) is 0 Å². The molecule has 4 aromatic rings. The van der Waals surface area contributed by atoms with Gasteiger partial charge in [-0.3, -0.25) is 9.69 Å². The number of carbonyl (C=O) groups is 1. The van der Waals surface area contributed by atoms with Gasteiger partial charge in [-0.15, -0.1) is 0 Å². The van der Waals surface area contributed by atoms with Gasteiger partial charge in [0.1, 0.15) is 5.52 Å². The second-order valence-electron chi connectivity index (χ2n) is 8.70. The highest BCUT2D eigenvalue weighted by Crippen LogP contribution is 2.27. The predicted molar refractivity (Wildman–Crippen MR) is 134 cm³/mol. The first-order valence-corrected chi connectivity index (χ1v) is 11.9. The van der Waals surface area contributed by atoms with Gasteiger partial charge in [-0.1, -0.05) is 30.3 Å². The smallest absolute Gasteiger partial charge is 0.251 e. The summed E-state index contributed by atoms with van der Waals surface area (Å²) < 4.78 is 7.53. The molecule has 2 aromatic carbocycles. The summed E-state index contributed by atoms with van der Waals surface area (Å²) in [4.78, 5) is 23.8. The average Bonchev–Trinajstić information content (AvgIpc) is 3.30. The van der Waals surface area contributed by atoms with Gasteiger partial charge in [-0.25, -0.2) is 9.97 Å². The molecule has 1 amide bonds. The number of rotatable bonds is 8. The molecule has 8 nitrogen and oxygen atoms in total. The Morgan fingerprint density at radius 2 is 1.85 bits per heavy atom. The molecule has 3 heterocycles. The maximum atomic E-state index is 12.5. The Morgan fingerprint density at radius 3 is 2.68 bits per heavy atom. The van der Waals surface area contributed by atoms with Crippen LogP contribution in [0, 0.1) is 0 Å². The number of aromatic nitrogens is 3. The number of fused-ring (bicyclic) bond motifs is 3. The Bertz CT molecular complexity index is 1280. The van der Waals surface area contributed by atoms with Crippen LogP contribution in [0.4, 0.5) is 5.82 Å². The Hall–Kier alpha value is -3.49. The predicted octanol–water partition coefficient (Wildman–Crippen LogP) is 3.21. The summed E-state index contributed by atoms with van der Waals surface area (Å²) in [6, 6.07) is 15.9. The number of anilines is 1. The van der Waals surface area contributed by atoms with Gasteiger partial charge < -0.3 is 20.4 Å². The molecule has 3 N–H and O–H groups in total. The van der Waals surface area contributed by atoms with Crippen LogP contribution in [0.1, 0.15) is 28.8 Å². The SMILES string of the molecule is Nc1nc2ccccc2c2c1ncn2CCCCNC(=O)c1ccc(CN2CCOCC2)cc1. The summed E-state index contributed by atoms with van der Waals surface area (Å²) in [5.41, 5.74) is 10.7. The molecule has 1 fully saturated rings. The van der Waals surface area contributed by atoms with E-state index in [4.69, 9.17) is 10.5 Å². The van der Waals surface area contributed by atoms with E-state index in [1.165, 1.54) is 5.56 Å². The summed E-state index contributed by atoms with van der Waals surface area (Å²) in [6.07, 6.45) is 3.62. The number of amides is 1. The minimum Gasteiger partial charge on any atom is -0.382 e. The minimum atomic E-state index is -0.0316. The number of nitrogen functional groups attached to an aromatic ring is 1. The number of hydrogen-bond donors (Lipinski definition) is 2. The third-order valence-electron chi connectivity index (χ3n) is 6.32. The van der Waals surface area contributed by atoms with Crippen LogP contribution < -0.4 is 11.1 Å². The molecule has 0 atom stereocenters. The lowest BCUT2D eigenvalue weighted by molar-refractivity contribution is 0.0342. The number of nitrogens with zero attached hydrogens (tertiary/aromatic N) is 4. The molecular weight excluding hydrogens is 428 g/mol. The van der Waals surface area contributed by atoms with Crippen molar-refractivity contribution in [3.05, 3.63) is 66.0 Å². The number of aryl methyl sites for hydroxylation is 1. The van der Waals surface area contributed by atoms with Gasteiger partial charge in [-0.2, -0.15) is 0 Å². The quantitative estimate of drug-likeness (QED) is 0.394. The molecule has 0 spiro atoms. The first-order chi connectivity index (χ1) is 16.7. The molecule has 0 bridgehead atoms. The highest BCUT2D eigenvalue weighted by molar-refractivity contribution is 6.06. The van der Waals surface area contributed by atoms with E-state index in [1.807, 2.05) is 48.8 Å². The minimum absolute atomic E-state index is 0.0316. The number of ether oxygens (including phenoxy) is 1. The fourth-order valence-corrected chi connectivity index (χ4v) is 4.47. The van der Waals surface area contributed by atoms with Gasteiger partial charge in [0, 0.05) is 43.7 Å². The number of unbranched alkanes of at least 4 members (excludes halogenated alkanes) is 1. The lowest BCUT2D eigenvalue weighted by Gasteiger charge is -2.26. The Labute approximate surface area is 198 Å². The fourth-order valence-electron chi connectivity index (χ4n) is 4.47. The number of hydrogen-bond acceptors (Lipinski definition) is 6. The van der Waals surface area contributed by atoms with Crippen molar-refractivity contribution in [2.24, 2.45) is 0 Å². The number of pyridine rings is 1. The average molecular weight is 459 g/mol. The van der Waals surface area contributed by atoms with Crippen LogP contribution in [0.15, 0.2) is 54.9 Å². The van der Waals surface area contributed by atoms with Crippen LogP contribution in [-0.2, 0) is 17.8 Å². The number of para-hydroxylation sites is 1. The van der Waals surface area contributed by atoms with Crippen LogP contribution in [0.3, 0.4) is 0 Å². The summed E-state index contributed by atoms with van der Waals surface area (Å²) in [5, 5.41) is 4.09. The van der Waals surface area contributed by atoms with E-state index in [0.29, 0.717) is 17.9 Å². The molecule has 8 heteroatoms. The fraction of sp³-hybridized carbons (Fsp3) is 0.346. The van der Waals surface area contributed by atoms with E-state index in [-0.39, 0.29) is 5.91 Å². The summed E-state index contributed by atoms with van der Waals surface area (Å²) >= 11 is 0. The summed E-state index contributed by atoms with van der Waals surface area (Å²) in [6.45, 7) is 5.82. The van der Waals surface area contributed by atoms with Gasteiger partial charge in [0.15, 0.2) is 5.82 Å². The number of benzene rings is 2. The molecule has 0 radical (unpaired) electrons. The van der Waals surface area contributed by atoms with Crippen molar-refractivity contribution >= 4 is 33.7 Å². The molecule has 1 aliphatic rings. The molecular formula is C26H30N6O2. The summed E-state index contributed by atoms with van der Waals surface area (Å²) in [7, 11) is 0. The standard InChI is InChI=1S/C26H30N6O2/c27-25-23-24(21-5-1-2-6-22(21)30-25)32(18-29-23)12-4-3-11-28-26(33)20-9-7-19(8-10-20)17-31-13-15-34-16-14-31/h1-2,5-10,18H,3-4,11-17H2,(H2,27,30)(H,28,33). The Balaban J connectivity index is 1.12. The molecule has 5 rings (SSSR count). The van der Waals surface area contributed by atoms with E-state index >= 15 is 0 Å². The first kappa shape index (κ1) is 22.3. The van der Waals surface area contributed by atoms with E-state index in [9.17, 15) is 4.79 Å². The Kier molecular flexibility index (Phi) is 6.69. The van der Waals surface area contributed by atoms with Gasteiger partial charge in [-0.05, 0) is 36.6 Å². The van der Waals surface area contributed by atoms with E-state index in [0.717, 1.165) is 74.2 Å². The number of morpholine rings is 1. The second-order valence-corrected chi connectivity index (χ2v) is 8.70. The molecule has 0 unspecified atom stereocenters. The van der Waals surface area contributed by atoms with Crippen LogP contribution in [0.2, 0.25) is 0 Å². The van der Waals surface area contributed by atoms with Crippen LogP contribution in [-0.4, -0.2) is 58.2 Å². The van der Waals surface area contributed by atoms with Crippen molar-refractivity contribution in [2.75, 3.05) is 38.6 Å². The lowest BCUT2D eigenvalue weighted by atomic mass is 10.1. The molecule has 34 heavy (non-hydrogen) atoms. The maximum Gasteiger partial charge on any atom is 0.251 e. The molecule has 176 valence electrons. The monoisotopic (exact) mass is 458 g/mol. The molecule has 1 aliphatic heterocycles. The topological polar surface area (TPSA) is 98.3 Å². The van der Waals surface area contributed by atoms with Crippen LogP contribution >= 0.6 is 0 Å². The van der Waals surface area contributed by atoms with E-state index < -0.39 is 0 Å². The van der Waals surface area contributed by atoms with Crippen molar-refractivity contribution in [3.63, 3.8) is 0 Å². The summed E-state index contributed by atoms with van der Waals surface area (Å²) in [5.74, 6) is 0.423. The Morgan fingerprint density at radius 1 is 1.06 bits per heavy atom. The van der Waals surface area contributed by atoms with Crippen molar-refractivity contribution in [3.8, 4) is 0 Å². The number of carbonyl (C=O) groups excluding carboxylic acids is 1. The maximum absolute atomic E-state index is 12.5. The van der Waals surface area contributed by atoms with Gasteiger partial charge >= 0.3 is 0 Å².